The zero-order valence-corrected chi connectivity index (χ0v) is 11.7. The summed E-state index contributed by atoms with van der Waals surface area (Å²) in [5.74, 6) is 1.42. The average Bonchev–Trinajstić information content (AvgIpc) is 2.38. The van der Waals surface area contributed by atoms with E-state index in [9.17, 15) is 0 Å². The minimum Gasteiger partial charge on any atom is -0.496 e. The van der Waals surface area contributed by atoms with Crippen molar-refractivity contribution in [1.29, 1.82) is 0 Å². The van der Waals surface area contributed by atoms with Gasteiger partial charge in [0.25, 0.3) is 0 Å². The Morgan fingerprint density at radius 2 is 1.84 bits per heavy atom. The van der Waals surface area contributed by atoms with Crippen molar-refractivity contribution in [2.75, 3.05) is 12.8 Å². The first kappa shape index (κ1) is 13.6. The number of anilines is 1. The van der Waals surface area contributed by atoms with Crippen LogP contribution in [0, 0.1) is 6.92 Å². The summed E-state index contributed by atoms with van der Waals surface area (Å²) in [5.41, 5.74) is 8.51. The highest BCUT2D eigenvalue weighted by molar-refractivity contribution is 6.30. The first-order valence-electron chi connectivity index (χ1n) is 5.91. The topological polar surface area (TPSA) is 44.5 Å². The number of hydrogen-bond donors (Lipinski definition) is 1. The lowest BCUT2D eigenvalue weighted by Crippen LogP contribution is -2.01. The van der Waals surface area contributed by atoms with Gasteiger partial charge in [0.15, 0.2) is 0 Å². The molecule has 0 aliphatic heterocycles. The molecule has 0 unspecified atom stereocenters. The third kappa shape index (κ3) is 3.32. The van der Waals surface area contributed by atoms with Crippen molar-refractivity contribution in [2.24, 2.45) is 0 Å². The van der Waals surface area contributed by atoms with E-state index in [2.05, 4.69) is 0 Å². The van der Waals surface area contributed by atoms with Crippen molar-refractivity contribution in [3.63, 3.8) is 0 Å². The first-order valence-corrected chi connectivity index (χ1v) is 6.29. The van der Waals surface area contributed by atoms with Crippen molar-refractivity contribution in [3.8, 4) is 11.5 Å². The monoisotopic (exact) mass is 277 g/mol. The Balaban J connectivity index is 2.16. The van der Waals surface area contributed by atoms with E-state index in [1.54, 1.807) is 25.3 Å². The number of ether oxygens (including phenoxy) is 2. The summed E-state index contributed by atoms with van der Waals surface area (Å²) in [4.78, 5) is 0. The number of benzene rings is 2. The molecule has 2 aromatic rings. The number of halogens is 1. The van der Waals surface area contributed by atoms with Gasteiger partial charge in [-0.3, -0.25) is 0 Å². The summed E-state index contributed by atoms with van der Waals surface area (Å²) in [5, 5.41) is 0.595. The summed E-state index contributed by atoms with van der Waals surface area (Å²) >= 11 is 5.85. The Hall–Kier alpha value is -1.87. The van der Waals surface area contributed by atoms with Gasteiger partial charge in [-0.2, -0.15) is 0 Å². The summed E-state index contributed by atoms with van der Waals surface area (Å²) in [7, 11) is 1.64. The van der Waals surface area contributed by atoms with Gasteiger partial charge in [-0.05, 0) is 37.3 Å². The zero-order chi connectivity index (χ0) is 13.8. The third-order valence-corrected chi connectivity index (χ3v) is 3.03. The fourth-order valence-corrected chi connectivity index (χ4v) is 2.01. The van der Waals surface area contributed by atoms with Gasteiger partial charge in [0.1, 0.15) is 18.1 Å². The van der Waals surface area contributed by atoms with Gasteiger partial charge >= 0.3 is 0 Å². The number of methoxy groups -OCH3 is 1. The lowest BCUT2D eigenvalue weighted by molar-refractivity contribution is 0.298. The molecule has 0 saturated heterocycles. The number of nitrogens with two attached hydrogens (primary N) is 1. The third-order valence-electron chi connectivity index (χ3n) is 2.79. The molecule has 0 aliphatic carbocycles. The van der Waals surface area contributed by atoms with Crippen LogP contribution in [-0.4, -0.2) is 7.11 Å². The van der Waals surface area contributed by atoms with E-state index in [-0.39, 0.29) is 0 Å². The molecular formula is C15H16ClNO2. The Kier molecular flexibility index (Phi) is 4.17. The molecule has 0 saturated carbocycles. The van der Waals surface area contributed by atoms with E-state index in [0.29, 0.717) is 23.1 Å². The highest BCUT2D eigenvalue weighted by atomic mass is 35.5. The maximum absolute atomic E-state index is 5.85. The number of hydrogen-bond acceptors (Lipinski definition) is 3. The van der Waals surface area contributed by atoms with Crippen molar-refractivity contribution < 1.29 is 9.47 Å². The van der Waals surface area contributed by atoms with Gasteiger partial charge in [-0.25, -0.2) is 0 Å². The quantitative estimate of drug-likeness (QED) is 0.864. The number of aryl methyl sites for hydroxylation is 1. The summed E-state index contributed by atoms with van der Waals surface area (Å²) in [6.45, 7) is 2.43. The predicted molar refractivity (Wildman–Crippen MR) is 77.9 cm³/mol. The standard InChI is InChI=1S/C15H16ClNO2/c1-10-3-5-14(18-2)11(7-10)9-19-15-6-4-12(16)8-13(15)17/h3-8H,9,17H2,1-2H3. The molecule has 0 aromatic heterocycles. The second-order valence-electron chi connectivity index (χ2n) is 4.29. The molecule has 0 heterocycles. The van der Waals surface area contributed by atoms with Crippen LogP contribution in [0.15, 0.2) is 36.4 Å². The molecule has 0 radical (unpaired) electrons. The van der Waals surface area contributed by atoms with Crippen molar-refractivity contribution in [2.45, 2.75) is 13.5 Å². The van der Waals surface area contributed by atoms with Crippen LogP contribution >= 0.6 is 11.6 Å². The molecule has 19 heavy (non-hydrogen) atoms. The lowest BCUT2D eigenvalue weighted by Gasteiger charge is -2.12. The largest absolute Gasteiger partial charge is 0.496 e. The minimum absolute atomic E-state index is 0.399. The highest BCUT2D eigenvalue weighted by Gasteiger charge is 2.06. The maximum atomic E-state index is 5.85. The van der Waals surface area contributed by atoms with Crippen LogP contribution < -0.4 is 15.2 Å². The Morgan fingerprint density at radius 1 is 1.11 bits per heavy atom. The number of nitrogen functional groups attached to an aromatic ring is 1. The Morgan fingerprint density at radius 3 is 2.53 bits per heavy atom. The van der Waals surface area contributed by atoms with E-state index < -0.39 is 0 Å². The van der Waals surface area contributed by atoms with E-state index >= 15 is 0 Å². The van der Waals surface area contributed by atoms with Crippen molar-refractivity contribution >= 4 is 17.3 Å². The molecule has 100 valence electrons. The Bertz CT molecular complexity index is 584. The van der Waals surface area contributed by atoms with E-state index in [1.165, 1.54) is 0 Å². The van der Waals surface area contributed by atoms with E-state index in [4.69, 9.17) is 26.8 Å². The highest BCUT2D eigenvalue weighted by Crippen LogP contribution is 2.27. The number of rotatable bonds is 4. The normalized spacial score (nSPS) is 10.3. The second-order valence-corrected chi connectivity index (χ2v) is 4.72. The molecule has 0 amide bonds. The molecule has 0 atom stereocenters. The van der Waals surface area contributed by atoms with Gasteiger partial charge < -0.3 is 15.2 Å². The molecular weight excluding hydrogens is 262 g/mol. The smallest absolute Gasteiger partial charge is 0.142 e. The minimum atomic E-state index is 0.399. The van der Waals surface area contributed by atoms with Gasteiger partial charge in [-0.15, -0.1) is 0 Å². The molecule has 4 heteroatoms. The molecule has 3 nitrogen and oxygen atoms in total. The SMILES string of the molecule is COc1ccc(C)cc1COc1ccc(Cl)cc1N. The van der Waals surface area contributed by atoms with Crippen LogP contribution in [0.3, 0.4) is 0 Å². The van der Waals surface area contributed by atoms with Crippen molar-refractivity contribution in [3.05, 3.63) is 52.5 Å². The van der Waals surface area contributed by atoms with Crippen LogP contribution in [0.25, 0.3) is 0 Å². The fraction of sp³-hybridized carbons (Fsp3) is 0.200. The summed E-state index contributed by atoms with van der Waals surface area (Å²) in [6.07, 6.45) is 0. The molecule has 0 fully saturated rings. The van der Waals surface area contributed by atoms with E-state index in [0.717, 1.165) is 16.9 Å². The molecule has 0 bridgehead atoms. The van der Waals surface area contributed by atoms with Crippen molar-refractivity contribution in [1.82, 2.24) is 0 Å². The van der Waals surface area contributed by atoms with E-state index in [1.807, 2.05) is 25.1 Å². The molecule has 2 aromatic carbocycles. The predicted octanol–water partition coefficient (Wildman–Crippen LogP) is 3.82. The van der Waals surface area contributed by atoms with Crippen LogP contribution in [0.1, 0.15) is 11.1 Å². The van der Waals surface area contributed by atoms with Crippen LogP contribution in [0.2, 0.25) is 5.02 Å². The lowest BCUT2D eigenvalue weighted by atomic mass is 10.1. The maximum Gasteiger partial charge on any atom is 0.142 e. The van der Waals surface area contributed by atoms with Crippen LogP contribution in [0.5, 0.6) is 11.5 Å². The van der Waals surface area contributed by atoms with Crippen LogP contribution in [-0.2, 0) is 6.61 Å². The summed E-state index contributed by atoms with van der Waals surface area (Å²) < 4.78 is 11.0. The Labute approximate surface area is 117 Å². The molecule has 0 spiro atoms. The first-order chi connectivity index (χ1) is 9.10. The van der Waals surface area contributed by atoms with Gasteiger partial charge in [0.05, 0.1) is 12.8 Å². The molecule has 2 N–H and O–H groups in total. The van der Waals surface area contributed by atoms with Gasteiger partial charge in [0.2, 0.25) is 0 Å². The average molecular weight is 278 g/mol. The van der Waals surface area contributed by atoms with Gasteiger partial charge in [-0.1, -0.05) is 23.2 Å². The second kappa shape index (κ2) is 5.85. The fourth-order valence-electron chi connectivity index (χ4n) is 1.83. The molecule has 2 rings (SSSR count). The zero-order valence-electron chi connectivity index (χ0n) is 10.9. The van der Waals surface area contributed by atoms with Crippen LogP contribution in [0.4, 0.5) is 5.69 Å². The summed E-state index contributed by atoms with van der Waals surface area (Å²) in [6, 6.07) is 11.1. The van der Waals surface area contributed by atoms with Gasteiger partial charge in [0, 0.05) is 10.6 Å². The molecule has 0 aliphatic rings.